The Morgan fingerprint density at radius 2 is 2.12 bits per heavy atom. The van der Waals surface area contributed by atoms with Crippen LogP contribution in [0.5, 0.6) is 5.75 Å². The zero-order valence-corrected chi connectivity index (χ0v) is 10.1. The molecule has 0 N–H and O–H groups in total. The molecule has 1 aromatic heterocycles. The first kappa shape index (κ1) is 11.5. The number of ether oxygens (including phenoxy) is 2. The molecule has 0 atom stereocenters. The van der Waals surface area contributed by atoms with E-state index in [1.807, 2.05) is 19.1 Å². The van der Waals surface area contributed by atoms with E-state index in [1.54, 1.807) is 20.1 Å². The SMILES string of the molecule is CCOC(=O)c1cc2cc(OC)cc(C)c2o1. The van der Waals surface area contributed by atoms with Crippen molar-refractivity contribution in [2.24, 2.45) is 0 Å². The van der Waals surface area contributed by atoms with Crippen LogP contribution in [0.3, 0.4) is 0 Å². The molecule has 4 nitrogen and oxygen atoms in total. The number of esters is 1. The van der Waals surface area contributed by atoms with Gasteiger partial charge in [0.2, 0.25) is 5.76 Å². The van der Waals surface area contributed by atoms with Crippen molar-refractivity contribution in [3.63, 3.8) is 0 Å². The summed E-state index contributed by atoms with van der Waals surface area (Å²) in [4.78, 5) is 11.5. The molecule has 0 bridgehead atoms. The van der Waals surface area contributed by atoms with Crippen LogP contribution in [-0.4, -0.2) is 19.7 Å². The number of benzene rings is 1. The van der Waals surface area contributed by atoms with Crippen molar-refractivity contribution >= 4 is 16.9 Å². The van der Waals surface area contributed by atoms with Crippen LogP contribution < -0.4 is 4.74 Å². The van der Waals surface area contributed by atoms with E-state index in [-0.39, 0.29) is 5.76 Å². The quantitative estimate of drug-likeness (QED) is 0.766. The fraction of sp³-hybridized carbons (Fsp3) is 0.308. The summed E-state index contributed by atoms with van der Waals surface area (Å²) in [6.07, 6.45) is 0. The first-order valence-corrected chi connectivity index (χ1v) is 5.41. The maximum Gasteiger partial charge on any atom is 0.374 e. The van der Waals surface area contributed by atoms with Crippen molar-refractivity contribution in [1.82, 2.24) is 0 Å². The Balaban J connectivity index is 2.49. The number of hydrogen-bond acceptors (Lipinski definition) is 4. The average molecular weight is 234 g/mol. The zero-order chi connectivity index (χ0) is 12.4. The minimum Gasteiger partial charge on any atom is -0.497 e. The molecule has 0 aliphatic rings. The van der Waals surface area contributed by atoms with Crippen LogP contribution in [-0.2, 0) is 4.74 Å². The zero-order valence-electron chi connectivity index (χ0n) is 10.1. The Kier molecular flexibility index (Phi) is 3.04. The van der Waals surface area contributed by atoms with Gasteiger partial charge in [-0.15, -0.1) is 0 Å². The lowest BCUT2D eigenvalue weighted by atomic mass is 10.1. The molecule has 1 heterocycles. The topological polar surface area (TPSA) is 48.7 Å². The summed E-state index contributed by atoms with van der Waals surface area (Å²) in [5.74, 6) is 0.520. The fourth-order valence-electron chi connectivity index (χ4n) is 1.72. The summed E-state index contributed by atoms with van der Waals surface area (Å²) in [5, 5.41) is 0.838. The van der Waals surface area contributed by atoms with Crippen LogP contribution in [0.4, 0.5) is 0 Å². The van der Waals surface area contributed by atoms with Crippen molar-refractivity contribution in [1.29, 1.82) is 0 Å². The Bertz CT molecular complexity index is 554. The molecule has 0 aliphatic heterocycles. The third-order valence-electron chi connectivity index (χ3n) is 2.49. The van der Waals surface area contributed by atoms with Gasteiger partial charge in [0.25, 0.3) is 0 Å². The first-order chi connectivity index (χ1) is 8.15. The van der Waals surface area contributed by atoms with Crippen molar-refractivity contribution in [2.75, 3.05) is 13.7 Å². The van der Waals surface area contributed by atoms with E-state index in [1.165, 1.54) is 0 Å². The molecule has 0 unspecified atom stereocenters. The molecular weight excluding hydrogens is 220 g/mol. The maximum atomic E-state index is 11.5. The van der Waals surface area contributed by atoms with E-state index in [2.05, 4.69) is 0 Å². The Hall–Kier alpha value is -1.97. The molecule has 0 amide bonds. The average Bonchev–Trinajstić information content (AvgIpc) is 2.73. The summed E-state index contributed by atoms with van der Waals surface area (Å²) in [6, 6.07) is 5.36. The fourth-order valence-corrected chi connectivity index (χ4v) is 1.72. The predicted octanol–water partition coefficient (Wildman–Crippen LogP) is 2.93. The van der Waals surface area contributed by atoms with Gasteiger partial charge >= 0.3 is 5.97 Å². The van der Waals surface area contributed by atoms with Crippen LogP contribution in [0.2, 0.25) is 0 Å². The predicted molar refractivity (Wildman–Crippen MR) is 63.5 cm³/mol. The van der Waals surface area contributed by atoms with Crippen LogP contribution in [0.1, 0.15) is 23.0 Å². The number of carbonyl (C=O) groups is 1. The van der Waals surface area contributed by atoms with E-state index < -0.39 is 5.97 Å². The second kappa shape index (κ2) is 4.49. The van der Waals surface area contributed by atoms with Gasteiger partial charge in [-0.3, -0.25) is 0 Å². The molecule has 0 spiro atoms. The third-order valence-corrected chi connectivity index (χ3v) is 2.49. The smallest absolute Gasteiger partial charge is 0.374 e. The van der Waals surface area contributed by atoms with E-state index in [0.717, 1.165) is 16.7 Å². The highest BCUT2D eigenvalue weighted by molar-refractivity contribution is 5.93. The highest BCUT2D eigenvalue weighted by Crippen LogP contribution is 2.28. The van der Waals surface area contributed by atoms with Gasteiger partial charge in [0.05, 0.1) is 13.7 Å². The van der Waals surface area contributed by atoms with Crippen molar-refractivity contribution in [3.05, 3.63) is 29.5 Å². The van der Waals surface area contributed by atoms with Crippen molar-refractivity contribution in [2.45, 2.75) is 13.8 Å². The van der Waals surface area contributed by atoms with Crippen molar-refractivity contribution in [3.8, 4) is 5.75 Å². The molecule has 4 heteroatoms. The van der Waals surface area contributed by atoms with Gasteiger partial charge in [0.1, 0.15) is 11.3 Å². The minimum absolute atomic E-state index is 0.221. The largest absolute Gasteiger partial charge is 0.497 e. The van der Waals surface area contributed by atoms with Crippen molar-refractivity contribution < 1.29 is 18.7 Å². The molecular formula is C13H14O4. The van der Waals surface area contributed by atoms with Crippen LogP contribution >= 0.6 is 0 Å². The monoisotopic (exact) mass is 234 g/mol. The molecule has 2 aromatic rings. The summed E-state index contributed by atoms with van der Waals surface area (Å²) < 4.78 is 15.5. The number of fused-ring (bicyclic) bond motifs is 1. The number of carbonyl (C=O) groups excluding carboxylic acids is 1. The molecule has 1 aromatic carbocycles. The highest BCUT2D eigenvalue weighted by Gasteiger charge is 2.15. The maximum absolute atomic E-state index is 11.5. The number of methoxy groups -OCH3 is 1. The van der Waals surface area contributed by atoms with E-state index in [9.17, 15) is 4.79 Å². The first-order valence-electron chi connectivity index (χ1n) is 5.41. The van der Waals surface area contributed by atoms with Crippen LogP contribution in [0.25, 0.3) is 11.0 Å². The molecule has 2 rings (SSSR count). The lowest BCUT2D eigenvalue weighted by Crippen LogP contribution is -2.02. The van der Waals surface area contributed by atoms with Gasteiger partial charge in [-0.25, -0.2) is 4.79 Å². The third kappa shape index (κ3) is 2.11. The lowest BCUT2D eigenvalue weighted by Gasteiger charge is -2.00. The Morgan fingerprint density at radius 3 is 2.76 bits per heavy atom. The summed E-state index contributed by atoms with van der Waals surface area (Å²) >= 11 is 0. The van der Waals surface area contributed by atoms with E-state index in [4.69, 9.17) is 13.9 Å². The van der Waals surface area contributed by atoms with Crippen LogP contribution in [0.15, 0.2) is 22.6 Å². The second-order valence-corrected chi connectivity index (χ2v) is 3.69. The molecule has 0 radical (unpaired) electrons. The van der Waals surface area contributed by atoms with Gasteiger partial charge in [0.15, 0.2) is 0 Å². The number of rotatable bonds is 3. The lowest BCUT2D eigenvalue weighted by molar-refractivity contribution is 0.0492. The summed E-state index contributed by atoms with van der Waals surface area (Å²) in [6.45, 7) is 4.00. The van der Waals surface area contributed by atoms with Gasteiger partial charge in [-0.1, -0.05) is 0 Å². The van der Waals surface area contributed by atoms with Crippen LogP contribution in [0, 0.1) is 6.92 Å². The number of furan rings is 1. The number of hydrogen-bond donors (Lipinski definition) is 0. The molecule has 17 heavy (non-hydrogen) atoms. The van der Waals surface area contributed by atoms with E-state index in [0.29, 0.717) is 12.2 Å². The Labute approximate surface area is 99.1 Å². The molecule has 0 aliphatic carbocycles. The minimum atomic E-state index is -0.443. The van der Waals surface area contributed by atoms with Gasteiger partial charge in [-0.05, 0) is 37.6 Å². The normalized spacial score (nSPS) is 10.5. The second-order valence-electron chi connectivity index (χ2n) is 3.69. The van der Waals surface area contributed by atoms with Gasteiger partial charge < -0.3 is 13.9 Å². The molecule has 90 valence electrons. The summed E-state index contributed by atoms with van der Waals surface area (Å²) in [7, 11) is 1.60. The van der Waals surface area contributed by atoms with Gasteiger partial charge in [0, 0.05) is 5.39 Å². The Morgan fingerprint density at radius 1 is 1.35 bits per heavy atom. The molecule has 0 saturated carbocycles. The standard InChI is InChI=1S/C13H14O4/c1-4-16-13(14)11-7-9-6-10(15-3)5-8(2)12(9)17-11/h5-7H,4H2,1-3H3. The highest BCUT2D eigenvalue weighted by atomic mass is 16.5. The summed E-state index contributed by atoms with van der Waals surface area (Å²) in [5.41, 5.74) is 1.61. The van der Waals surface area contributed by atoms with E-state index >= 15 is 0 Å². The molecule has 0 saturated heterocycles. The number of aryl methyl sites for hydroxylation is 1. The van der Waals surface area contributed by atoms with Gasteiger partial charge in [-0.2, -0.15) is 0 Å². The molecule has 0 fully saturated rings.